The summed E-state index contributed by atoms with van der Waals surface area (Å²) in [4.78, 5) is 36.9. The Labute approximate surface area is 426 Å². The molecule has 0 spiro atoms. The number of hydrogen-bond acceptors (Lipinski definition) is 8. The lowest BCUT2D eigenvalue weighted by Crippen LogP contribution is -2.44. The van der Waals surface area contributed by atoms with Crippen LogP contribution in [0.4, 0.5) is 0 Å². The quantitative estimate of drug-likeness (QED) is 0.0195. The zero-order valence-electron chi connectivity index (χ0n) is 45.9. The summed E-state index contributed by atoms with van der Waals surface area (Å²) in [5, 5.41) is 11.7. The molecule has 2 unspecified atom stereocenters. The van der Waals surface area contributed by atoms with Gasteiger partial charge in [-0.05, 0) is 51.4 Å². The van der Waals surface area contributed by atoms with Crippen LogP contribution in [-0.4, -0.2) is 82.3 Å². The molecule has 0 N–H and O–H groups in total. The van der Waals surface area contributed by atoms with Crippen molar-refractivity contribution in [3.63, 3.8) is 0 Å². The van der Waals surface area contributed by atoms with Crippen LogP contribution in [0.5, 0.6) is 0 Å². The predicted octanol–water partition coefficient (Wildman–Crippen LogP) is 15.6. The zero-order valence-corrected chi connectivity index (χ0v) is 45.9. The number of esters is 2. The Morgan fingerprint density at radius 1 is 0.435 bits per heavy atom. The van der Waals surface area contributed by atoms with Crippen molar-refractivity contribution in [2.45, 2.75) is 283 Å². The summed E-state index contributed by atoms with van der Waals surface area (Å²) in [5.41, 5.74) is 0. The van der Waals surface area contributed by atoms with E-state index >= 15 is 0 Å². The molecule has 0 aromatic heterocycles. The van der Waals surface area contributed by atoms with Crippen LogP contribution < -0.4 is 5.11 Å². The first kappa shape index (κ1) is 66.5. The van der Waals surface area contributed by atoms with Gasteiger partial charge in [-0.25, -0.2) is 0 Å². The Kier molecular flexibility index (Phi) is 50.0. The maximum absolute atomic E-state index is 12.8. The number of likely N-dealkylation sites (N-methyl/N-ethyl adjacent to an activating group) is 1. The zero-order chi connectivity index (χ0) is 50.6. The van der Waals surface area contributed by atoms with E-state index in [1.165, 1.54) is 193 Å². The Bertz CT molecular complexity index is 1230. The van der Waals surface area contributed by atoms with E-state index in [0.29, 0.717) is 17.4 Å². The smallest absolute Gasteiger partial charge is 0.306 e. The van der Waals surface area contributed by atoms with E-state index in [4.69, 9.17) is 18.9 Å². The number of carboxylic acids is 1. The molecular weight excluding hydrogens is 863 g/mol. The van der Waals surface area contributed by atoms with Crippen LogP contribution in [-0.2, 0) is 33.3 Å². The SMILES string of the molecule is CCCCCCC/C=C\C/C=C\C/C=C\CCCCCCCCCCCCCCCCCCCCCCCCC(=O)OC(COC(=O)CCCCCCCCC)COC(OCC[N+](C)(C)C)C(=O)[O-]. The molecule has 69 heavy (non-hydrogen) atoms. The molecule has 0 bridgehead atoms. The molecule has 0 rings (SSSR count). The number of allylic oxidation sites excluding steroid dienone is 6. The van der Waals surface area contributed by atoms with Gasteiger partial charge >= 0.3 is 11.9 Å². The number of hydrogen-bond donors (Lipinski definition) is 0. The van der Waals surface area contributed by atoms with Gasteiger partial charge in [-0.2, -0.15) is 0 Å². The van der Waals surface area contributed by atoms with Crippen LogP contribution in [0.25, 0.3) is 0 Å². The van der Waals surface area contributed by atoms with Crippen molar-refractivity contribution >= 4 is 17.9 Å². The number of unbranched alkanes of at least 4 members (excludes halogenated alkanes) is 33. The topological polar surface area (TPSA) is 111 Å². The normalized spacial score (nSPS) is 13.0. The van der Waals surface area contributed by atoms with E-state index in [1.54, 1.807) is 0 Å². The summed E-state index contributed by atoms with van der Waals surface area (Å²) < 4.78 is 22.5. The fraction of sp³-hybridized carbons (Fsp3) is 0.850. The van der Waals surface area contributed by atoms with Crippen LogP contribution in [0.3, 0.4) is 0 Å². The van der Waals surface area contributed by atoms with Crippen LogP contribution in [0, 0.1) is 0 Å². The van der Waals surface area contributed by atoms with Crippen molar-refractivity contribution in [2.24, 2.45) is 0 Å². The third kappa shape index (κ3) is 53.1. The van der Waals surface area contributed by atoms with Crippen LogP contribution in [0.2, 0.25) is 0 Å². The molecule has 0 aromatic rings. The summed E-state index contributed by atoms with van der Waals surface area (Å²) in [7, 11) is 5.92. The lowest BCUT2D eigenvalue weighted by atomic mass is 10.0. The van der Waals surface area contributed by atoms with Crippen molar-refractivity contribution in [3.05, 3.63) is 36.5 Å². The number of rotatable bonds is 54. The molecule has 0 saturated carbocycles. The molecule has 404 valence electrons. The highest BCUT2D eigenvalue weighted by Gasteiger charge is 2.22. The highest BCUT2D eigenvalue weighted by Crippen LogP contribution is 2.17. The fourth-order valence-corrected chi connectivity index (χ4v) is 8.37. The van der Waals surface area contributed by atoms with Gasteiger partial charge in [0.1, 0.15) is 13.2 Å². The standard InChI is InChI=1S/C60H111NO8/c1-6-8-10-12-14-15-16-17-18-19-20-21-22-23-24-25-26-27-28-29-30-31-32-33-34-35-36-37-38-39-40-41-42-43-45-47-49-51-58(63)69-56(54-67-57(62)50-48-46-44-13-11-9-7-2)55-68-60(59(64)65)66-53-52-61(3,4)5/h16-17,19-20,22-23,56,60H,6-15,18,21,24-55H2,1-5H3/b17-16-,20-19-,23-22-. The Hall–Kier alpha value is -2.49. The van der Waals surface area contributed by atoms with Gasteiger partial charge in [0, 0.05) is 12.8 Å². The van der Waals surface area contributed by atoms with Crippen molar-refractivity contribution in [3.8, 4) is 0 Å². The molecule has 0 aliphatic heterocycles. The first-order valence-corrected chi connectivity index (χ1v) is 29.1. The lowest BCUT2D eigenvalue weighted by Gasteiger charge is -2.26. The van der Waals surface area contributed by atoms with Gasteiger partial charge in [0.15, 0.2) is 12.4 Å². The molecular formula is C60H111NO8. The molecule has 0 aromatic carbocycles. The molecule has 0 aliphatic carbocycles. The third-order valence-corrected chi connectivity index (χ3v) is 12.9. The summed E-state index contributed by atoms with van der Waals surface area (Å²) in [6, 6.07) is 0. The summed E-state index contributed by atoms with van der Waals surface area (Å²) in [6.45, 7) is 4.70. The highest BCUT2D eigenvalue weighted by atomic mass is 16.7. The Balaban J connectivity index is 3.87. The molecule has 0 fully saturated rings. The van der Waals surface area contributed by atoms with Crippen LogP contribution >= 0.6 is 0 Å². The largest absolute Gasteiger partial charge is 0.545 e. The number of carbonyl (C=O) groups excluding carboxylic acids is 3. The highest BCUT2D eigenvalue weighted by molar-refractivity contribution is 5.70. The third-order valence-electron chi connectivity index (χ3n) is 12.9. The number of quaternary nitrogens is 1. The van der Waals surface area contributed by atoms with Gasteiger partial charge in [0.25, 0.3) is 0 Å². The molecule has 2 atom stereocenters. The minimum atomic E-state index is -1.61. The molecule has 9 heteroatoms. The Morgan fingerprint density at radius 2 is 0.783 bits per heavy atom. The number of aliphatic carboxylic acids is 1. The van der Waals surface area contributed by atoms with E-state index in [9.17, 15) is 19.5 Å². The first-order chi connectivity index (χ1) is 33.6. The van der Waals surface area contributed by atoms with Gasteiger partial charge < -0.3 is 33.3 Å². The predicted molar refractivity (Wildman–Crippen MR) is 288 cm³/mol. The van der Waals surface area contributed by atoms with E-state index in [0.717, 1.165) is 51.4 Å². The molecule has 0 amide bonds. The second-order valence-electron chi connectivity index (χ2n) is 20.9. The van der Waals surface area contributed by atoms with Gasteiger partial charge in [-0.3, -0.25) is 9.59 Å². The van der Waals surface area contributed by atoms with Gasteiger partial charge in [0.2, 0.25) is 0 Å². The molecule has 0 saturated heterocycles. The van der Waals surface area contributed by atoms with Crippen molar-refractivity contribution < 1.29 is 42.9 Å². The number of carboxylic acid groups (broad SMARTS) is 1. The number of nitrogens with zero attached hydrogens (tertiary/aromatic N) is 1. The monoisotopic (exact) mass is 974 g/mol. The molecule has 0 heterocycles. The van der Waals surface area contributed by atoms with E-state index < -0.39 is 24.3 Å². The van der Waals surface area contributed by atoms with E-state index in [-0.39, 0.29) is 32.2 Å². The maximum Gasteiger partial charge on any atom is 0.306 e. The van der Waals surface area contributed by atoms with Gasteiger partial charge in [-0.1, -0.05) is 243 Å². The maximum atomic E-state index is 12.8. The Morgan fingerprint density at radius 3 is 1.16 bits per heavy atom. The summed E-state index contributed by atoms with van der Waals surface area (Å²) in [5.74, 6) is -2.28. The summed E-state index contributed by atoms with van der Waals surface area (Å²) in [6.07, 6.45) is 59.7. The van der Waals surface area contributed by atoms with Gasteiger partial charge in [-0.15, -0.1) is 0 Å². The summed E-state index contributed by atoms with van der Waals surface area (Å²) >= 11 is 0. The average Bonchev–Trinajstić information content (AvgIpc) is 3.31. The minimum Gasteiger partial charge on any atom is -0.545 e. The van der Waals surface area contributed by atoms with Crippen molar-refractivity contribution in [1.82, 2.24) is 0 Å². The lowest BCUT2D eigenvalue weighted by molar-refractivity contribution is -0.870. The average molecular weight is 975 g/mol. The van der Waals surface area contributed by atoms with E-state index in [1.807, 2.05) is 21.1 Å². The van der Waals surface area contributed by atoms with Crippen molar-refractivity contribution in [2.75, 3.05) is 47.5 Å². The number of ether oxygens (including phenoxy) is 4. The van der Waals surface area contributed by atoms with Crippen LogP contribution in [0.1, 0.15) is 271 Å². The number of carbonyl (C=O) groups is 3. The van der Waals surface area contributed by atoms with Crippen molar-refractivity contribution in [1.29, 1.82) is 0 Å². The first-order valence-electron chi connectivity index (χ1n) is 29.1. The minimum absolute atomic E-state index is 0.150. The second-order valence-corrected chi connectivity index (χ2v) is 20.9. The molecule has 0 radical (unpaired) electrons. The molecule has 9 nitrogen and oxygen atoms in total. The molecule has 0 aliphatic rings. The van der Waals surface area contributed by atoms with Gasteiger partial charge in [0.05, 0.1) is 40.3 Å². The second kappa shape index (κ2) is 51.9. The van der Waals surface area contributed by atoms with Crippen LogP contribution in [0.15, 0.2) is 36.5 Å². The fourth-order valence-electron chi connectivity index (χ4n) is 8.37. The van der Waals surface area contributed by atoms with E-state index in [2.05, 4.69) is 50.3 Å².